The first kappa shape index (κ1) is 8.17. The molecule has 0 aromatic heterocycles. The summed E-state index contributed by atoms with van der Waals surface area (Å²) in [5, 5.41) is 9.22. The fourth-order valence-electron chi connectivity index (χ4n) is 0.865. The molecule has 0 bridgehead atoms. The first-order valence-electron chi connectivity index (χ1n) is 3.13. The van der Waals surface area contributed by atoms with Gasteiger partial charge in [0.25, 0.3) is 0 Å². The van der Waals surface area contributed by atoms with Crippen molar-refractivity contribution < 1.29 is 5.11 Å². The predicted molar refractivity (Wildman–Crippen MR) is 45.5 cm³/mol. The molecule has 1 aromatic rings. The van der Waals surface area contributed by atoms with E-state index in [4.69, 9.17) is 17.4 Å². The van der Waals surface area contributed by atoms with Gasteiger partial charge in [0, 0.05) is 5.88 Å². The fourth-order valence-corrected chi connectivity index (χ4v) is 1.09. The van der Waals surface area contributed by atoms with E-state index >= 15 is 0 Å². The van der Waals surface area contributed by atoms with Gasteiger partial charge >= 0.3 is 0 Å². The molecule has 0 atom stereocenters. The van der Waals surface area contributed by atoms with Gasteiger partial charge in [-0.1, -0.05) is 12.1 Å². The minimum Gasteiger partial charge on any atom is -0.506 e. The number of hydrogen-bond donors (Lipinski definition) is 3. The fraction of sp³-hybridized carbons (Fsp3) is 0.143. The van der Waals surface area contributed by atoms with Crippen LogP contribution in [0.5, 0.6) is 5.75 Å². The van der Waals surface area contributed by atoms with Crippen LogP contribution in [-0.4, -0.2) is 5.11 Å². The highest BCUT2D eigenvalue weighted by molar-refractivity contribution is 6.17. The monoisotopic (exact) mass is 172 g/mol. The maximum Gasteiger partial charge on any atom is 0.140 e. The summed E-state index contributed by atoms with van der Waals surface area (Å²) in [5.41, 5.74) is 3.66. The van der Waals surface area contributed by atoms with Crippen LogP contribution in [0.2, 0.25) is 0 Å². The summed E-state index contributed by atoms with van der Waals surface area (Å²) >= 11 is 5.58. The van der Waals surface area contributed by atoms with Gasteiger partial charge in [-0.15, -0.1) is 11.6 Å². The van der Waals surface area contributed by atoms with Crippen molar-refractivity contribution in [2.24, 2.45) is 5.84 Å². The number of nitrogen functional groups attached to an aromatic ring is 1. The smallest absolute Gasteiger partial charge is 0.140 e. The van der Waals surface area contributed by atoms with E-state index in [-0.39, 0.29) is 5.75 Å². The molecule has 60 valence electrons. The van der Waals surface area contributed by atoms with E-state index in [1.54, 1.807) is 18.2 Å². The normalized spacial score (nSPS) is 9.64. The molecular formula is C7H9ClN2O. The van der Waals surface area contributed by atoms with Crippen molar-refractivity contribution >= 4 is 17.3 Å². The number of alkyl halides is 1. The molecule has 1 aromatic carbocycles. The maximum atomic E-state index is 9.22. The summed E-state index contributed by atoms with van der Waals surface area (Å²) in [6, 6.07) is 5.06. The summed E-state index contributed by atoms with van der Waals surface area (Å²) in [5.74, 6) is 5.60. The molecule has 0 fully saturated rings. The molecule has 0 heterocycles. The number of phenols is 1. The SMILES string of the molecule is NNc1c(O)cccc1CCl. The van der Waals surface area contributed by atoms with E-state index in [0.717, 1.165) is 5.56 Å². The summed E-state index contributed by atoms with van der Waals surface area (Å²) < 4.78 is 0. The van der Waals surface area contributed by atoms with Crippen LogP contribution in [-0.2, 0) is 5.88 Å². The molecule has 11 heavy (non-hydrogen) atoms. The molecule has 0 saturated carbocycles. The number of nitrogens with one attached hydrogen (secondary N) is 1. The standard InChI is InChI=1S/C7H9ClN2O/c8-4-5-2-1-3-6(11)7(5)10-9/h1-3,10-11H,4,9H2. The first-order chi connectivity index (χ1) is 5.29. The van der Waals surface area contributed by atoms with Crippen LogP contribution in [0.3, 0.4) is 0 Å². The van der Waals surface area contributed by atoms with E-state index in [1.807, 2.05) is 0 Å². The number of anilines is 1. The highest BCUT2D eigenvalue weighted by Gasteiger charge is 2.03. The van der Waals surface area contributed by atoms with E-state index in [9.17, 15) is 5.11 Å². The van der Waals surface area contributed by atoms with Crippen molar-refractivity contribution in [3.63, 3.8) is 0 Å². The Bertz CT molecular complexity index is 252. The average molecular weight is 173 g/mol. The molecular weight excluding hydrogens is 164 g/mol. The molecule has 0 amide bonds. The summed E-state index contributed by atoms with van der Waals surface area (Å²) in [6.07, 6.45) is 0. The molecule has 0 radical (unpaired) electrons. The Morgan fingerprint density at radius 3 is 2.73 bits per heavy atom. The second-order valence-corrected chi connectivity index (χ2v) is 2.36. The molecule has 0 aliphatic carbocycles. The lowest BCUT2D eigenvalue weighted by atomic mass is 10.2. The van der Waals surface area contributed by atoms with Crippen LogP contribution in [0.4, 0.5) is 5.69 Å². The maximum absolute atomic E-state index is 9.22. The number of nitrogens with two attached hydrogens (primary N) is 1. The van der Waals surface area contributed by atoms with Gasteiger partial charge in [0.05, 0.1) is 5.69 Å². The largest absolute Gasteiger partial charge is 0.506 e. The quantitative estimate of drug-likeness (QED) is 0.274. The molecule has 4 heteroatoms. The minimum absolute atomic E-state index is 0.116. The van der Waals surface area contributed by atoms with E-state index in [0.29, 0.717) is 11.6 Å². The number of phenolic OH excluding ortho intramolecular Hbond substituents is 1. The number of benzene rings is 1. The number of hydrogen-bond acceptors (Lipinski definition) is 3. The van der Waals surface area contributed by atoms with Crippen LogP contribution in [0.1, 0.15) is 5.56 Å². The zero-order valence-corrected chi connectivity index (χ0v) is 6.60. The van der Waals surface area contributed by atoms with Crippen molar-refractivity contribution in [2.75, 3.05) is 5.43 Å². The Kier molecular flexibility index (Phi) is 2.57. The number of hydrazine groups is 1. The number of rotatable bonds is 2. The molecule has 0 unspecified atom stereocenters. The van der Waals surface area contributed by atoms with Crippen molar-refractivity contribution in [1.29, 1.82) is 0 Å². The van der Waals surface area contributed by atoms with Gasteiger partial charge in [-0.05, 0) is 11.6 Å². The van der Waals surface area contributed by atoms with Crippen LogP contribution in [0, 0.1) is 0 Å². The van der Waals surface area contributed by atoms with Crippen LogP contribution in [0.15, 0.2) is 18.2 Å². The van der Waals surface area contributed by atoms with E-state index < -0.39 is 0 Å². The zero-order chi connectivity index (χ0) is 8.27. The summed E-state index contributed by atoms with van der Waals surface area (Å²) in [7, 11) is 0. The number of aromatic hydroxyl groups is 1. The summed E-state index contributed by atoms with van der Waals surface area (Å²) in [6.45, 7) is 0. The van der Waals surface area contributed by atoms with Crippen molar-refractivity contribution in [3.05, 3.63) is 23.8 Å². The zero-order valence-electron chi connectivity index (χ0n) is 5.84. The van der Waals surface area contributed by atoms with Crippen LogP contribution >= 0.6 is 11.6 Å². The van der Waals surface area contributed by atoms with Gasteiger partial charge in [-0.25, -0.2) is 0 Å². The lowest BCUT2D eigenvalue weighted by molar-refractivity contribution is 0.477. The third-order valence-electron chi connectivity index (χ3n) is 1.42. The van der Waals surface area contributed by atoms with Gasteiger partial charge in [0.1, 0.15) is 5.75 Å². The lowest BCUT2D eigenvalue weighted by Gasteiger charge is -2.06. The third kappa shape index (κ3) is 1.56. The van der Waals surface area contributed by atoms with Crippen molar-refractivity contribution in [2.45, 2.75) is 5.88 Å². The Balaban J connectivity index is 3.13. The lowest BCUT2D eigenvalue weighted by Crippen LogP contribution is -2.08. The van der Waals surface area contributed by atoms with Gasteiger partial charge in [0.2, 0.25) is 0 Å². The van der Waals surface area contributed by atoms with Crippen LogP contribution < -0.4 is 11.3 Å². The third-order valence-corrected chi connectivity index (χ3v) is 1.70. The second-order valence-electron chi connectivity index (χ2n) is 2.09. The molecule has 1 rings (SSSR count). The van der Waals surface area contributed by atoms with Gasteiger partial charge in [0.15, 0.2) is 0 Å². The van der Waals surface area contributed by atoms with Crippen molar-refractivity contribution in [3.8, 4) is 5.75 Å². The van der Waals surface area contributed by atoms with E-state index in [1.165, 1.54) is 0 Å². The molecule has 0 saturated heterocycles. The minimum atomic E-state index is 0.116. The highest BCUT2D eigenvalue weighted by atomic mass is 35.5. The van der Waals surface area contributed by atoms with Crippen LogP contribution in [0.25, 0.3) is 0 Å². The van der Waals surface area contributed by atoms with Gasteiger partial charge < -0.3 is 10.5 Å². The Morgan fingerprint density at radius 1 is 1.55 bits per heavy atom. The van der Waals surface area contributed by atoms with E-state index in [2.05, 4.69) is 5.43 Å². The Morgan fingerprint density at radius 2 is 2.27 bits per heavy atom. The van der Waals surface area contributed by atoms with Gasteiger partial charge in [-0.3, -0.25) is 5.84 Å². The second kappa shape index (κ2) is 3.46. The predicted octanol–water partition coefficient (Wildman–Crippen LogP) is 1.42. The number of halogens is 1. The molecule has 0 aliphatic heterocycles. The topological polar surface area (TPSA) is 58.3 Å². The highest BCUT2D eigenvalue weighted by Crippen LogP contribution is 2.26. The van der Waals surface area contributed by atoms with Crippen molar-refractivity contribution in [1.82, 2.24) is 0 Å². The van der Waals surface area contributed by atoms with Gasteiger partial charge in [-0.2, -0.15) is 0 Å². The Labute approximate surface area is 69.8 Å². The average Bonchev–Trinajstić information content (AvgIpc) is 2.04. The molecule has 0 spiro atoms. The summed E-state index contributed by atoms with van der Waals surface area (Å²) in [4.78, 5) is 0. The molecule has 0 aliphatic rings. The Hall–Kier alpha value is -0.930. The number of para-hydroxylation sites is 1. The first-order valence-corrected chi connectivity index (χ1v) is 3.66. The molecule has 3 nitrogen and oxygen atoms in total. The molecule has 4 N–H and O–H groups in total.